The van der Waals surface area contributed by atoms with Crippen molar-refractivity contribution in [2.75, 3.05) is 21.3 Å². The summed E-state index contributed by atoms with van der Waals surface area (Å²) >= 11 is 0. The molecule has 7 heteroatoms. The van der Waals surface area contributed by atoms with E-state index in [4.69, 9.17) is 14.2 Å². The van der Waals surface area contributed by atoms with E-state index in [1.54, 1.807) is 0 Å². The first kappa shape index (κ1) is 13.2. The van der Waals surface area contributed by atoms with E-state index >= 15 is 0 Å². The van der Waals surface area contributed by atoms with E-state index < -0.39 is 25.2 Å². The quantitative estimate of drug-likeness (QED) is 0.328. The van der Waals surface area contributed by atoms with Crippen LogP contribution in [-0.4, -0.2) is 44.7 Å². The summed E-state index contributed by atoms with van der Waals surface area (Å²) in [6.45, 7) is 0. The minimum Gasteiger partial charge on any atom is -0.778 e. The molecule has 0 rings (SSSR count). The molecular formula is C6H15O5SSi-. The van der Waals surface area contributed by atoms with Crippen molar-refractivity contribution in [1.82, 2.24) is 0 Å². The lowest BCUT2D eigenvalue weighted by atomic mass is 10.4. The topological polar surface area (TPSA) is 67.8 Å². The second-order valence-corrected chi connectivity index (χ2v) is 6.77. The molecule has 13 heavy (non-hydrogen) atoms. The molecule has 0 saturated heterocycles. The molecule has 1 atom stereocenters. The lowest BCUT2D eigenvalue weighted by Gasteiger charge is -2.28. The molecule has 0 aromatic carbocycles. The van der Waals surface area contributed by atoms with E-state index in [0.717, 1.165) is 0 Å². The van der Waals surface area contributed by atoms with Crippen molar-refractivity contribution < 1.29 is 23.0 Å². The zero-order valence-electron chi connectivity index (χ0n) is 8.07. The Balaban J connectivity index is 3.88. The van der Waals surface area contributed by atoms with Crippen molar-refractivity contribution in [3.05, 3.63) is 0 Å². The molecule has 0 heterocycles. The Morgan fingerprint density at radius 2 is 1.77 bits per heavy atom. The molecule has 80 valence electrons. The van der Waals surface area contributed by atoms with Gasteiger partial charge in [0, 0.05) is 27.8 Å². The van der Waals surface area contributed by atoms with Crippen LogP contribution in [0.25, 0.3) is 0 Å². The second-order valence-electron chi connectivity index (χ2n) is 2.41. The van der Waals surface area contributed by atoms with Crippen LogP contribution in [0.3, 0.4) is 0 Å². The van der Waals surface area contributed by atoms with Crippen LogP contribution in [0.5, 0.6) is 0 Å². The first-order valence-corrected chi connectivity index (χ1v) is 7.79. The average molecular weight is 227 g/mol. The summed E-state index contributed by atoms with van der Waals surface area (Å²) in [7, 11) is 1.41. The third-order valence-corrected chi connectivity index (χ3v) is 4.57. The minimum absolute atomic E-state index is 0.441. The number of hydrogen-bond acceptors (Lipinski definition) is 5. The number of ether oxygens (including phenoxy) is 3. The lowest BCUT2D eigenvalue weighted by molar-refractivity contribution is -0.352. The maximum absolute atomic E-state index is 10.3. The van der Waals surface area contributed by atoms with E-state index in [0.29, 0.717) is 12.5 Å². The highest BCUT2D eigenvalue weighted by molar-refractivity contribution is 8.05. The van der Waals surface area contributed by atoms with Gasteiger partial charge in [0.2, 0.25) is 0 Å². The van der Waals surface area contributed by atoms with E-state index in [1.165, 1.54) is 21.3 Å². The van der Waals surface area contributed by atoms with E-state index in [2.05, 4.69) is 0 Å². The van der Waals surface area contributed by atoms with Crippen LogP contribution < -0.4 is 0 Å². The Hall–Kier alpha value is 0.207. The normalized spacial score (nSPS) is 15.4. The van der Waals surface area contributed by atoms with E-state index in [1.807, 2.05) is 0 Å². The van der Waals surface area contributed by atoms with Gasteiger partial charge in [0.05, 0.1) is 0 Å². The Morgan fingerprint density at radius 1 is 1.31 bits per heavy atom. The molecule has 0 fully saturated rings. The summed E-state index contributed by atoms with van der Waals surface area (Å²) in [5.41, 5.74) is 0. The highest BCUT2D eigenvalue weighted by Crippen LogP contribution is 2.19. The van der Waals surface area contributed by atoms with Crippen LogP contribution in [0.15, 0.2) is 0 Å². The fourth-order valence-corrected chi connectivity index (χ4v) is 2.92. The van der Waals surface area contributed by atoms with Crippen molar-refractivity contribution >= 4 is 19.2 Å². The predicted molar refractivity (Wildman–Crippen MR) is 50.6 cm³/mol. The molecule has 0 N–H and O–H groups in total. The Kier molecular flexibility index (Phi) is 6.74. The van der Waals surface area contributed by atoms with Gasteiger partial charge in [0.25, 0.3) is 5.97 Å². The zero-order chi connectivity index (χ0) is 10.3. The molecule has 0 aliphatic heterocycles. The fourth-order valence-electron chi connectivity index (χ4n) is 0.963. The maximum atomic E-state index is 10.3. The molecule has 0 bridgehead atoms. The first-order chi connectivity index (χ1) is 6.10. The molecule has 0 radical (unpaired) electrons. The molecule has 0 aromatic rings. The number of methoxy groups -OCH3 is 3. The SMILES string of the molecule is COC(CC[SiH2]S(=O)[O-])(OC)OC. The van der Waals surface area contributed by atoms with Gasteiger partial charge in [-0.1, -0.05) is 10.5 Å². The first-order valence-electron chi connectivity index (χ1n) is 3.81. The summed E-state index contributed by atoms with van der Waals surface area (Å²) in [6, 6.07) is 0.575. The van der Waals surface area contributed by atoms with Gasteiger partial charge in [-0.15, -0.1) is 0 Å². The van der Waals surface area contributed by atoms with Crippen LogP contribution in [0.1, 0.15) is 6.42 Å². The van der Waals surface area contributed by atoms with Gasteiger partial charge in [0.1, 0.15) is 8.67 Å². The van der Waals surface area contributed by atoms with Crippen LogP contribution in [0.2, 0.25) is 6.04 Å². The highest BCUT2D eigenvalue weighted by Gasteiger charge is 2.28. The second kappa shape index (κ2) is 6.63. The Bertz CT molecular complexity index is 153. The van der Waals surface area contributed by atoms with Gasteiger partial charge in [0.15, 0.2) is 0 Å². The monoisotopic (exact) mass is 227 g/mol. The molecule has 5 nitrogen and oxygen atoms in total. The van der Waals surface area contributed by atoms with Crippen LogP contribution in [-0.2, 0) is 24.7 Å². The largest absolute Gasteiger partial charge is 0.778 e. The fraction of sp³-hybridized carbons (Fsp3) is 1.00. The van der Waals surface area contributed by atoms with Gasteiger partial charge in [-0.25, -0.2) is 0 Å². The van der Waals surface area contributed by atoms with E-state index in [-0.39, 0.29) is 0 Å². The summed E-state index contributed by atoms with van der Waals surface area (Å²) in [5, 5.41) is 0. The molecule has 0 aliphatic rings. The van der Waals surface area contributed by atoms with Crippen molar-refractivity contribution in [2.45, 2.75) is 18.4 Å². The third kappa shape index (κ3) is 4.84. The third-order valence-electron chi connectivity index (χ3n) is 1.73. The Labute approximate surface area is 82.5 Å². The molecule has 0 saturated carbocycles. The van der Waals surface area contributed by atoms with Gasteiger partial charge < -0.3 is 18.8 Å². The summed E-state index contributed by atoms with van der Waals surface area (Å²) in [5.74, 6) is -1.08. The molecule has 0 spiro atoms. The van der Waals surface area contributed by atoms with Crippen molar-refractivity contribution in [3.63, 3.8) is 0 Å². The van der Waals surface area contributed by atoms with Crippen molar-refractivity contribution in [3.8, 4) is 0 Å². The molecule has 0 aromatic heterocycles. The molecular weight excluding hydrogens is 212 g/mol. The smallest absolute Gasteiger partial charge is 0.281 e. The standard InChI is InChI=1S/C6H16O5SSi/c1-9-6(10-2,11-3)4-5-13-12(7)8/h4-5,13H2,1-3H3,(H,7,8)/p-1. The van der Waals surface area contributed by atoms with Crippen molar-refractivity contribution in [2.24, 2.45) is 0 Å². The van der Waals surface area contributed by atoms with Gasteiger partial charge in [-0.3, -0.25) is 4.21 Å². The van der Waals surface area contributed by atoms with Gasteiger partial charge in [-0.05, 0) is 6.04 Å². The van der Waals surface area contributed by atoms with E-state index in [9.17, 15) is 8.76 Å². The lowest BCUT2D eigenvalue weighted by Crippen LogP contribution is -2.36. The average Bonchev–Trinajstić information content (AvgIpc) is 2.13. The minimum atomic E-state index is -1.88. The van der Waals surface area contributed by atoms with Gasteiger partial charge in [-0.2, -0.15) is 0 Å². The predicted octanol–water partition coefficient (Wildman–Crippen LogP) is -0.649. The zero-order valence-corrected chi connectivity index (χ0v) is 10.3. The number of hydrogen-bond donors (Lipinski definition) is 0. The maximum Gasteiger partial charge on any atom is 0.281 e. The van der Waals surface area contributed by atoms with Crippen LogP contribution in [0.4, 0.5) is 0 Å². The molecule has 0 aliphatic carbocycles. The van der Waals surface area contributed by atoms with Crippen LogP contribution >= 0.6 is 0 Å². The van der Waals surface area contributed by atoms with Gasteiger partial charge >= 0.3 is 0 Å². The Morgan fingerprint density at radius 3 is 2.08 bits per heavy atom. The number of rotatable bonds is 7. The van der Waals surface area contributed by atoms with Crippen molar-refractivity contribution in [1.29, 1.82) is 0 Å². The molecule has 1 unspecified atom stereocenters. The molecule has 0 amide bonds. The summed E-state index contributed by atoms with van der Waals surface area (Å²) < 4.78 is 35.6. The summed E-state index contributed by atoms with van der Waals surface area (Å²) in [4.78, 5) is 0. The van der Waals surface area contributed by atoms with Crippen LogP contribution in [0, 0.1) is 0 Å². The highest BCUT2D eigenvalue weighted by atomic mass is 32.4. The summed E-state index contributed by atoms with van der Waals surface area (Å²) in [6.07, 6.45) is 0.441.